The molecule has 27 heavy (non-hydrogen) atoms. The summed E-state index contributed by atoms with van der Waals surface area (Å²) >= 11 is 0. The molecule has 0 bridgehead atoms. The number of carbonyl (C=O) groups is 2. The lowest BCUT2D eigenvalue weighted by Crippen LogP contribution is -2.45. The summed E-state index contributed by atoms with van der Waals surface area (Å²) in [6.45, 7) is 1.36. The third-order valence-electron chi connectivity index (χ3n) is 4.53. The van der Waals surface area contributed by atoms with E-state index in [2.05, 4.69) is 5.32 Å². The van der Waals surface area contributed by atoms with Crippen LogP contribution in [0.2, 0.25) is 0 Å². The van der Waals surface area contributed by atoms with Crippen molar-refractivity contribution in [2.45, 2.75) is 25.5 Å². The van der Waals surface area contributed by atoms with Crippen LogP contribution in [0.5, 0.6) is 5.75 Å². The fraction of sp³-hybridized carbons (Fsp3) is 0.333. The number of carboxylic acids is 1. The van der Waals surface area contributed by atoms with Crippen molar-refractivity contribution >= 4 is 11.9 Å². The summed E-state index contributed by atoms with van der Waals surface area (Å²) in [7, 11) is 0. The molecule has 0 spiro atoms. The number of nitrogens with one attached hydrogen (secondary N) is 1. The van der Waals surface area contributed by atoms with Gasteiger partial charge in [-0.1, -0.05) is 42.5 Å². The van der Waals surface area contributed by atoms with Gasteiger partial charge in [0.25, 0.3) is 0 Å². The van der Waals surface area contributed by atoms with Crippen LogP contribution in [-0.4, -0.2) is 36.2 Å². The van der Waals surface area contributed by atoms with Crippen molar-refractivity contribution in [2.75, 3.05) is 13.2 Å². The van der Waals surface area contributed by atoms with Gasteiger partial charge in [0.1, 0.15) is 18.4 Å². The van der Waals surface area contributed by atoms with E-state index < -0.39 is 12.0 Å². The summed E-state index contributed by atoms with van der Waals surface area (Å²) in [5, 5.41) is 12.0. The van der Waals surface area contributed by atoms with Crippen LogP contribution in [0.4, 0.5) is 0 Å². The molecular weight excluding hydrogens is 346 g/mol. The van der Waals surface area contributed by atoms with E-state index in [1.54, 1.807) is 0 Å². The molecule has 6 nitrogen and oxygen atoms in total. The van der Waals surface area contributed by atoms with Gasteiger partial charge in [-0.05, 0) is 29.7 Å². The van der Waals surface area contributed by atoms with E-state index in [9.17, 15) is 14.7 Å². The molecule has 1 saturated heterocycles. The third kappa shape index (κ3) is 5.56. The van der Waals surface area contributed by atoms with Crippen LogP contribution in [0.25, 0.3) is 0 Å². The van der Waals surface area contributed by atoms with Gasteiger partial charge in [0, 0.05) is 13.0 Å². The normalized spacial score (nSPS) is 17.3. The summed E-state index contributed by atoms with van der Waals surface area (Å²) in [5.41, 5.74) is 1.89. The number of carboxylic acid groups (broad SMARTS) is 1. The van der Waals surface area contributed by atoms with Crippen molar-refractivity contribution in [3.8, 4) is 5.75 Å². The minimum Gasteiger partial charge on any atom is -0.489 e. The molecular formula is C21H23NO5. The van der Waals surface area contributed by atoms with E-state index in [0.717, 1.165) is 11.1 Å². The molecule has 0 aliphatic carbocycles. The highest BCUT2D eigenvalue weighted by Crippen LogP contribution is 2.16. The first-order chi connectivity index (χ1) is 13.1. The van der Waals surface area contributed by atoms with Gasteiger partial charge in [-0.3, -0.25) is 4.79 Å². The average Bonchev–Trinajstić information content (AvgIpc) is 3.22. The molecule has 6 heteroatoms. The van der Waals surface area contributed by atoms with Crippen LogP contribution >= 0.6 is 0 Å². The highest BCUT2D eigenvalue weighted by Gasteiger charge is 2.28. The van der Waals surface area contributed by atoms with Gasteiger partial charge >= 0.3 is 5.97 Å². The van der Waals surface area contributed by atoms with Gasteiger partial charge in [-0.15, -0.1) is 0 Å². The van der Waals surface area contributed by atoms with Crippen LogP contribution in [0.3, 0.4) is 0 Å². The van der Waals surface area contributed by atoms with Crippen molar-refractivity contribution in [1.29, 1.82) is 0 Å². The quantitative estimate of drug-likeness (QED) is 0.746. The van der Waals surface area contributed by atoms with Crippen molar-refractivity contribution in [3.63, 3.8) is 0 Å². The van der Waals surface area contributed by atoms with E-state index in [1.807, 2.05) is 54.6 Å². The Kier molecular flexibility index (Phi) is 6.44. The number of hydrogen-bond acceptors (Lipinski definition) is 4. The van der Waals surface area contributed by atoms with E-state index in [4.69, 9.17) is 9.47 Å². The summed E-state index contributed by atoms with van der Waals surface area (Å²) in [6.07, 6.45) is 0.846. The molecule has 2 atom stereocenters. The van der Waals surface area contributed by atoms with Gasteiger partial charge in [0.2, 0.25) is 5.91 Å². The molecule has 1 aliphatic heterocycles. The molecule has 1 fully saturated rings. The first kappa shape index (κ1) is 18.9. The van der Waals surface area contributed by atoms with Crippen LogP contribution in [-0.2, 0) is 27.4 Å². The Morgan fingerprint density at radius 1 is 1.11 bits per heavy atom. The Bertz CT molecular complexity index is 754. The maximum absolute atomic E-state index is 12.1. The van der Waals surface area contributed by atoms with Gasteiger partial charge in [0.15, 0.2) is 0 Å². The molecule has 2 N–H and O–H groups in total. The minimum absolute atomic E-state index is 0.216. The van der Waals surface area contributed by atoms with Gasteiger partial charge in [0.05, 0.1) is 12.5 Å². The molecule has 0 saturated carbocycles. The number of benzene rings is 2. The summed E-state index contributed by atoms with van der Waals surface area (Å²) in [6, 6.07) is 16.1. The molecule has 0 unspecified atom stereocenters. The lowest BCUT2D eigenvalue weighted by atomic mass is 10.0. The lowest BCUT2D eigenvalue weighted by molar-refractivity contribution is -0.142. The van der Waals surface area contributed by atoms with Crippen LogP contribution in [0.15, 0.2) is 54.6 Å². The van der Waals surface area contributed by atoms with Crippen LogP contribution in [0.1, 0.15) is 17.5 Å². The van der Waals surface area contributed by atoms with Crippen molar-refractivity contribution < 1.29 is 24.2 Å². The smallest absolute Gasteiger partial charge is 0.326 e. The SMILES string of the molecule is O=C(N[C@@H](Cc1ccc(OCc2ccccc2)cc1)C(=O)O)[C@@H]1CCOC1. The van der Waals surface area contributed by atoms with Crippen LogP contribution in [0, 0.1) is 5.92 Å². The molecule has 142 valence electrons. The van der Waals surface area contributed by atoms with Crippen molar-refractivity contribution in [1.82, 2.24) is 5.32 Å². The largest absolute Gasteiger partial charge is 0.489 e. The standard InChI is InChI=1S/C21H23NO5/c23-20(17-10-11-26-14-17)22-19(21(24)25)12-15-6-8-18(9-7-15)27-13-16-4-2-1-3-5-16/h1-9,17,19H,10-14H2,(H,22,23)(H,24,25)/t17-,19+/m1/s1. The monoisotopic (exact) mass is 369 g/mol. The molecule has 0 aromatic heterocycles. The van der Waals surface area contributed by atoms with Gasteiger partial charge < -0.3 is 19.9 Å². The second kappa shape index (κ2) is 9.19. The maximum Gasteiger partial charge on any atom is 0.326 e. The zero-order valence-electron chi connectivity index (χ0n) is 15.0. The zero-order valence-corrected chi connectivity index (χ0v) is 15.0. The van der Waals surface area contributed by atoms with E-state index in [-0.39, 0.29) is 18.2 Å². The second-order valence-electron chi connectivity index (χ2n) is 6.58. The maximum atomic E-state index is 12.1. The second-order valence-corrected chi connectivity index (χ2v) is 6.58. The van der Waals surface area contributed by atoms with Gasteiger partial charge in [-0.2, -0.15) is 0 Å². The zero-order chi connectivity index (χ0) is 19.1. The van der Waals surface area contributed by atoms with Crippen molar-refractivity contribution in [2.24, 2.45) is 5.92 Å². The topological polar surface area (TPSA) is 84.9 Å². The Morgan fingerprint density at radius 3 is 2.48 bits per heavy atom. The predicted molar refractivity (Wildman–Crippen MR) is 99.4 cm³/mol. The number of aliphatic carboxylic acids is 1. The average molecular weight is 369 g/mol. The Balaban J connectivity index is 1.54. The first-order valence-corrected chi connectivity index (χ1v) is 8.98. The van der Waals surface area contributed by atoms with Crippen molar-refractivity contribution in [3.05, 3.63) is 65.7 Å². The fourth-order valence-corrected chi connectivity index (χ4v) is 2.93. The fourth-order valence-electron chi connectivity index (χ4n) is 2.93. The number of carbonyl (C=O) groups excluding carboxylic acids is 1. The number of rotatable bonds is 8. The summed E-state index contributed by atoms with van der Waals surface area (Å²) in [4.78, 5) is 23.7. The van der Waals surface area contributed by atoms with E-state index in [0.29, 0.717) is 32.0 Å². The Hall–Kier alpha value is -2.86. The lowest BCUT2D eigenvalue weighted by Gasteiger charge is -2.17. The third-order valence-corrected chi connectivity index (χ3v) is 4.53. The van der Waals surface area contributed by atoms with E-state index in [1.165, 1.54) is 0 Å². The first-order valence-electron chi connectivity index (χ1n) is 8.98. The summed E-state index contributed by atoms with van der Waals surface area (Å²) in [5.74, 6) is -0.864. The number of ether oxygens (including phenoxy) is 2. The number of amides is 1. The molecule has 1 heterocycles. The van der Waals surface area contributed by atoms with E-state index >= 15 is 0 Å². The molecule has 2 aromatic carbocycles. The Labute approximate surface area is 158 Å². The molecule has 3 rings (SSSR count). The highest BCUT2D eigenvalue weighted by atomic mass is 16.5. The highest BCUT2D eigenvalue weighted by molar-refractivity contribution is 5.85. The van der Waals surface area contributed by atoms with Crippen LogP contribution < -0.4 is 10.1 Å². The molecule has 1 aliphatic rings. The minimum atomic E-state index is -1.05. The Morgan fingerprint density at radius 2 is 1.85 bits per heavy atom. The van der Waals surface area contributed by atoms with Gasteiger partial charge in [-0.25, -0.2) is 4.79 Å². The molecule has 0 radical (unpaired) electrons. The molecule has 1 amide bonds. The number of hydrogen-bond donors (Lipinski definition) is 2. The summed E-state index contributed by atoms with van der Waals surface area (Å²) < 4.78 is 10.9. The molecule has 2 aromatic rings. The predicted octanol–water partition coefficient (Wildman–Crippen LogP) is 2.41.